The van der Waals surface area contributed by atoms with Crippen LogP contribution in [0.4, 0.5) is 0 Å². The lowest BCUT2D eigenvalue weighted by Gasteiger charge is -2.04. The molecule has 0 bridgehead atoms. The Labute approximate surface area is 97.8 Å². The molecule has 2 aromatic rings. The minimum Gasteiger partial charge on any atom is -0.464 e. The third-order valence-electron chi connectivity index (χ3n) is 2.44. The zero-order chi connectivity index (χ0) is 12.4. The first-order chi connectivity index (χ1) is 8.11. The van der Waals surface area contributed by atoms with Crippen molar-refractivity contribution < 1.29 is 19.6 Å². The van der Waals surface area contributed by atoms with E-state index in [1.807, 2.05) is 0 Å². The van der Waals surface area contributed by atoms with Crippen LogP contribution >= 0.6 is 0 Å². The second kappa shape index (κ2) is 4.53. The van der Waals surface area contributed by atoms with E-state index in [1.165, 1.54) is 13.3 Å². The number of fused-ring (bicyclic) bond motifs is 1. The lowest BCUT2D eigenvalue weighted by molar-refractivity contribution is 0.0594. The largest absolute Gasteiger partial charge is 0.488 e. The van der Waals surface area contributed by atoms with Crippen LogP contribution in [0.5, 0.6) is 0 Å². The number of pyridine rings is 1. The van der Waals surface area contributed by atoms with Gasteiger partial charge >= 0.3 is 13.1 Å². The summed E-state index contributed by atoms with van der Waals surface area (Å²) in [5, 5.41) is 19.6. The molecule has 17 heavy (non-hydrogen) atoms. The maximum Gasteiger partial charge on any atom is 0.488 e. The molecule has 0 radical (unpaired) electrons. The summed E-state index contributed by atoms with van der Waals surface area (Å²) in [6, 6.07) is 6.47. The summed E-state index contributed by atoms with van der Waals surface area (Å²) in [4.78, 5) is 15.2. The number of carbonyl (C=O) groups excluding carboxylic acids is 1. The molecule has 0 amide bonds. The number of methoxy groups -OCH3 is 1. The number of rotatable bonds is 2. The van der Waals surface area contributed by atoms with Gasteiger partial charge in [-0.3, -0.25) is 0 Å². The van der Waals surface area contributed by atoms with Gasteiger partial charge in [0, 0.05) is 6.20 Å². The summed E-state index contributed by atoms with van der Waals surface area (Å²) >= 11 is 0. The van der Waals surface area contributed by atoms with Gasteiger partial charge in [0.25, 0.3) is 0 Å². The van der Waals surface area contributed by atoms with Gasteiger partial charge in [-0.15, -0.1) is 0 Å². The van der Waals surface area contributed by atoms with E-state index < -0.39 is 13.1 Å². The van der Waals surface area contributed by atoms with Crippen molar-refractivity contribution in [3.8, 4) is 0 Å². The fourth-order valence-electron chi connectivity index (χ4n) is 1.54. The third kappa shape index (κ3) is 2.27. The van der Waals surface area contributed by atoms with Crippen molar-refractivity contribution in [1.29, 1.82) is 0 Å². The number of benzene rings is 1. The van der Waals surface area contributed by atoms with Crippen LogP contribution in [-0.4, -0.2) is 35.2 Å². The van der Waals surface area contributed by atoms with Crippen molar-refractivity contribution in [3.05, 3.63) is 36.2 Å². The van der Waals surface area contributed by atoms with E-state index in [2.05, 4.69) is 9.72 Å². The first-order valence-electron chi connectivity index (χ1n) is 4.96. The smallest absolute Gasteiger partial charge is 0.464 e. The van der Waals surface area contributed by atoms with Gasteiger partial charge in [0.1, 0.15) is 5.69 Å². The van der Waals surface area contributed by atoms with E-state index in [9.17, 15) is 4.79 Å². The second-order valence-corrected chi connectivity index (χ2v) is 3.54. The lowest BCUT2D eigenvalue weighted by atomic mass is 9.79. The van der Waals surface area contributed by atoms with Gasteiger partial charge < -0.3 is 14.8 Å². The molecule has 6 heteroatoms. The highest BCUT2D eigenvalue weighted by Gasteiger charge is 2.12. The molecule has 2 rings (SSSR count). The Balaban J connectivity index is 2.50. The second-order valence-electron chi connectivity index (χ2n) is 3.54. The molecule has 0 aliphatic carbocycles. The average Bonchev–Trinajstić information content (AvgIpc) is 2.36. The highest BCUT2D eigenvalue weighted by atomic mass is 16.5. The van der Waals surface area contributed by atoms with Crippen LogP contribution in [-0.2, 0) is 4.74 Å². The van der Waals surface area contributed by atoms with E-state index in [0.717, 1.165) is 10.8 Å². The van der Waals surface area contributed by atoms with Crippen LogP contribution in [0.3, 0.4) is 0 Å². The molecule has 0 aliphatic rings. The highest BCUT2D eigenvalue weighted by molar-refractivity contribution is 6.58. The molecule has 0 aliphatic heterocycles. The number of hydrogen-bond donors (Lipinski definition) is 2. The van der Waals surface area contributed by atoms with Crippen molar-refractivity contribution in [2.45, 2.75) is 0 Å². The normalized spacial score (nSPS) is 10.3. The summed E-state index contributed by atoms with van der Waals surface area (Å²) < 4.78 is 4.57. The van der Waals surface area contributed by atoms with Gasteiger partial charge in [0.15, 0.2) is 0 Å². The molecule has 5 nitrogen and oxygen atoms in total. The molecular weight excluding hydrogens is 221 g/mol. The number of carbonyl (C=O) groups is 1. The summed E-state index contributed by atoms with van der Waals surface area (Å²) in [5.41, 5.74) is 0.599. The van der Waals surface area contributed by atoms with Crippen molar-refractivity contribution >= 4 is 29.3 Å². The molecular formula is C11H10BNO4. The van der Waals surface area contributed by atoms with Crippen molar-refractivity contribution in [2.24, 2.45) is 0 Å². The SMILES string of the molecule is COC(=O)c1cc2ccc(B(O)O)cc2cn1. The lowest BCUT2D eigenvalue weighted by Crippen LogP contribution is -2.29. The van der Waals surface area contributed by atoms with E-state index in [1.54, 1.807) is 24.3 Å². The molecule has 0 spiro atoms. The van der Waals surface area contributed by atoms with Crippen molar-refractivity contribution in [2.75, 3.05) is 7.11 Å². The van der Waals surface area contributed by atoms with Crippen molar-refractivity contribution in [3.63, 3.8) is 0 Å². The van der Waals surface area contributed by atoms with E-state index in [0.29, 0.717) is 5.46 Å². The first-order valence-corrected chi connectivity index (χ1v) is 4.96. The molecule has 0 atom stereocenters. The Bertz CT molecular complexity index is 570. The number of nitrogens with zero attached hydrogens (tertiary/aromatic N) is 1. The molecule has 0 unspecified atom stereocenters. The maximum absolute atomic E-state index is 11.3. The Morgan fingerprint density at radius 1 is 1.29 bits per heavy atom. The van der Waals surface area contributed by atoms with Gasteiger partial charge in [0.05, 0.1) is 7.11 Å². The Kier molecular flexibility index (Phi) is 3.08. The minimum atomic E-state index is -1.51. The zero-order valence-corrected chi connectivity index (χ0v) is 9.12. The number of aromatic nitrogens is 1. The quantitative estimate of drug-likeness (QED) is 0.548. The number of hydrogen-bond acceptors (Lipinski definition) is 5. The summed E-state index contributed by atoms with van der Waals surface area (Å²) in [6.07, 6.45) is 1.49. The van der Waals surface area contributed by atoms with Crippen LogP contribution in [0.2, 0.25) is 0 Å². The summed E-state index contributed by atoms with van der Waals surface area (Å²) in [7, 11) is -0.223. The monoisotopic (exact) mass is 231 g/mol. The number of esters is 1. The fourth-order valence-corrected chi connectivity index (χ4v) is 1.54. The van der Waals surface area contributed by atoms with E-state index >= 15 is 0 Å². The van der Waals surface area contributed by atoms with Crippen LogP contribution in [0.15, 0.2) is 30.5 Å². The van der Waals surface area contributed by atoms with Gasteiger partial charge in [-0.2, -0.15) is 0 Å². The topological polar surface area (TPSA) is 79.7 Å². The van der Waals surface area contributed by atoms with Gasteiger partial charge in [-0.05, 0) is 22.3 Å². The molecule has 0 fully saturated rings. The predicted octanol–water partition coefficient (Wildman–Crippen LogP) is -0.299. The van der Waals surface area contributed by atoms with Gasteiger partial charge in [-0.25, -0.2) is 9.78 Å². The van der Waals surface area contributed by atoms with Crippen LogP contribution in [0, 0.1) is 0 Å². The minimum absolute atomic E-state index is 0.220. The molecule has 1 heterocycles. The zero-order valence-electron chi connectivity index (χ0n) is 9.12. The Hall–Kier alpha value is -1.92. The Morgan fingerprint density at radius 2 is 2.06 bits per heavy atom. The number of ether oxygens (including phenoxy) is 1. The van der Waals surface area contributed by atoms with Crippen LogP contribution in [0.25, 0.3) is 10.8 Å². The maximum atomic E-state index is 11.3. The molecule has 86 valence electrons. The average molecular weight is 231 g/mol. The first kappa shape index (κ1) is 11.6. The highest BCUT2D eigenvalue weighted by Crippen LogP contribution is 2.13. The van der Waals surface area contributed by atoms with E-state index in [-0.39, 0.29) is 5.69 Å². The van der Waals surface area contributed by atoms with Crippen LogP contribution < -0.4 is 5.46 Å². The Morgan fingerprint density at radius 3 is 2.71 bits per heavy atom. The molecule has 1 aromatic heterocycles. The predicted molar refractivity (Wildman–Crippen MR) is 62.9 cm³/mol. The molecule has 1 aromatic carbocycles. The standard InChI is InChI=1S/C11H10BNO4/c1-17-11(14)10-5-7-2-3-9(12(15)16)4-8(7)6-13-10/h2-6,15-16H,1H3. The van der Waals surface area contributed by atoms with Crippen LogP contribution in [0.1, 0.15) is 10.5 Å². The third-order valence-corrected chi connectivity index (χ3v) is 2.44. The van der Waals surface area contributed by atoms with E-state index in [4.69, 9.17) is 10.0 Å². The molecule has 0 saturated heterocycles. The van der Waals surface area contributed by atoms with Gasteiger partial charge in [-0.1, -0.05) is 18.2 Å². The molecule has 0 saturated carbocycles. The fraction of sp³-hybridized carbons (Fsp3) is 0.0909. The summed E-state index contributed by atoms with van der Waals surface area (Å²) in [6.45, 7) is 0. The van der Waals surface area contributed by atoms with Crippen molar-refractivity contribution in [1.82, 2.24) is 4.98 Å². The van der Waals surface area contributed by atoms with Gasteiger partial charge in [0.2, 0.25) is 0 Å². The molecule has 2 N–H and O–H groups in total. The summed E-state index contributed by atoms with van der Waals surface area (Å²) in [5.74, 6) is -0.502.